The highest BCUT2D eigenvalue weighted by Gasteiger charge is 2.41. The van der Waals surface area contributed by atoms with Crippen molar-refractivity contribution < 1.29 is 24.2 Å². The van der Waals surface area contributed by atoms with Crippen molar-refractivity contribution in [1.29, 1.82) is 0 Å². The van der Waals surface area contributed by atoms with Crippen LogP contribution in [-0.2, 0) is 4.79 Å². The highest BCUT2D eigenvalue weighted by atomic mass is 16.5. The van der Waals surface area contributed by atoms with Gasteiger partial charge in [-0.25, -0.2) is 0 Å². The van der Waals surface area contributed by atoms with Gasteiger partial charge in [-0.05, 0) is 17.7 Å². The fourth-order valence-corrected chi connectivity index (χ4v) is 3.48. The zero-order chi connectivity index (χ0) is 18.7. The molecule has 0 aromatic heterocycles. The Balaban J connectivity index is 1.94. The van der Waals surface area contributed by atoms with Gasteiger partial charge in [-0.15, -0.1) is 0 Å². The molecule has 0 spiro atoms. The first kappa shape index (κ1) is 17.8. The van der Waals surface area contributed by atoms with E-state index in [0.29, 0.717) is 23.6 Å². The number of methoxy groups -OCH3 is 2. The van der Waals surface area contributed by atoms with Crippen LogP contribution >= 0.6 is 0 Å². The summed E-state index contributed by atoms with van der Waals surface area (Å²) in [6.45, 7) is 0.482. The summed E-state index contributed by atoms with van der Waals surface area (Å²) < 4.78 is 10.6. The number of rotatable bonds is 5. The summed E-state index contributed by atoms with van der Waals surface area (Å²) in [6, 6.07) is 14.6. The maximum atomic E-state index is 13.1. The molecule has 3 rings (SSSR count). The zero-order valence-electron chi connectivity index (χ0n) is 14.7. The smallest absolute Gasteiger partial charge is 0.308 e. The lowest BCUT2D eigenvalue weighted by Crippen LogP contribution is -2.30. The van der Waals surface area contributed by atoms with Crippen molar-refractivity contribution in [2.75, 3.05) is 27.3 Å². The summed E-state index contributed by atoms with van der Waals surface area (Å²) in [5.74, 6) is -1.28. The van der Waals surface area contributed by atoms with Gasteiger partial charge in [0.15, 0.2) is 0 Å². The van der Waals surface area contributed by atoms with E-state index in [1.54, 1.807) is 23.1 Å². The van der Waals surface area contributed by atoms with Crippen LogP contribution in [0.2, 0.25) is 0 Å². The van der Waals surface area contributed by atoms with E-state index in [1.165, 1.54) is 14.2 Å². The van der Waals surface area contributed by atoms with Crippen LogP contribution in [0.15, 0.2) is 48.5 Å². The molecule has 136 valence electrons. The molecular weight excluding hydrogens is 334 g/mol. The number of likely N-dealkylation sites (tertiary alicyclic amines) is 1. The third kappa shape index (κ3) is 3.22. The molecule has 6 heteroatoms. The molecule has 0 aliphatic carbocycles. The molecule has 2 aromatic carbocycles. The van der Waals surface area contributed by atoms with E-state index in [1.807, 2.05) is 30.3 Å². The van der Waals surface area contributed by atoms with Gasteiger partial charge in [0.1, 0.15) is 17.1 Å². The fourth-order valence-electron chi connectivity index (χ4n) is 3.48. The lowest BCUT2D eigenvalue weighted by Gasteiger charge is -2.20. The first-order chi connectivity index (χ1) is 12.6. The van der Waals surface area contributed by atoms with Gasteiger partial charge in [0.05, 0.1) is 20.1 Å². The Morgan fingerprint density at radius 1 is 0.962 bits per heavy atom. The summed E-state index contributed by atoms with van der Waals surface area (Å²) in [4.78, 5) is 26.4. The van der Waals surface area contributed by atoms with Crippen LogP contribution in [0, 0.1) is 5.92 Å². The van der Waals surface area contributed by atoms with Crippen molar-refractivity contribution in [2.24, 2.45) is 5.92 Å². The summed E-state index contributed by atoms with van der Waals surface area (Å²) in [5.41, 5.74) is 1.23. The second kappa shape index (κ2) is 7.47. The number of aliphatic carboxylic acids is 1. The minimum Gasteiger partial charge on any atom is -0.496 e. The predicted molar refractivity (Wildman–Crippen MR) is 95.8 cm³/mol. The number of hydrogen-bond acceptors (Lipinski definition) is 4. The average Bonchev–Trinajstić information content (AvgIpc) is 3.13. The number of carbonyl (C=O) groups excluding carboxylic acids is 1. The molecule has 1 aliphatic heterocycles. The van der Waals surface area contributed by atoms with Crippen LogP contribution in [0.3, 0.4) is 0 Å². The average molecular weight is 355 g/mol. The molecule has 1 N–H and O–H groups in total. The molecule has 2 atom stereocenters. The largest absolute Gasteiger partial charge is 0.496 e. The third-order valence-electron chi connectivity index (χ3n) is 4.79. The van der Waals surface area contributed by atoms with Gasteiger partial charge >= 0.3 is 5.97 Å². The quantitative estimate of drug-likeness (QED) is 0.892. The molecule has 1 saturated heterocycles. The second-order valence-corrected chi connectivity index (χ2v) is 6.21. The molecule has 0 radical (unpaired) electrons. The van der Waals surface area contributed by atoms with Crippen LogP contribution in [-0.4, -0.2) is 49.2 Å². The minimum absolute atomic E-state index is 0.148. The molecule has 1 aliphatic rings. The number of carboxylic acid groups (broad SMARTS) is 1. The molecule has 0 saturated carbocycles. The highest BCUT2D eigenvalue weighted by molar-refractivity contribution is 6.00. The van der Waals surface area contributed by atoms with E-state index >= 15 is 0 Å². The normalized spacial score (nSPS) is 19.2. The number of hydrogen-bond donors (Lipinski definition) is 1. The molecule has 26 heavy (non-hydrogen) atoms. The Morgan fingerprint density at radius 2 is 1.58 bits per heavy atom. The van der Waals surface area contributed by atoms with E-state index in [9.17, 15) is 14.7 Å². The van der Waals surface area contributed by atoms with E-state index < -0.39 is 11.9 Å². The fraction of sp³-hybridized carbons (Fsp3) is 0.300. The van der Waals surface area contributed by atoms with Gasteiger partial charge < -0.3 is 19.5 Å². The Labute approximate surface area is 152 Å². The molecule has 0 unspecified atom stereocenters. The van der Waals surface area contributed by atoms with Crippen LogP contribution in [0.4, 0.5) is 0 Å². The van der Waals surface area contributed by atoms with Gasteiger partial charge in [-0.2, -0.15) is 0 Å². The maximum absolute atomic E-state index is 13.1. The Bertz CT molecular complexity index is 783. The molecule has 1 heterocycles. The van der Waals surface area contributed by atoms with Gasteiger partial charge in [0.25, 0.3) is 5.91 Å². The number of carboxylic acids is 1. The van der Waals surface area contributed by atoms with E-state index in [2.05, 4.69) is 0 Å². The highest BCUT2D eigenvalue weighted by Crippen LogP contribution is 2.36. The van der Waals surface area contributed by atoms with Crippen molar-refractivity contribution in [3.05, 3.63) is 59.7 Å². The number of nitrogens with zero attached hydrogens (tertiary/aromatic N) is 1. The number of carbonyl (C=O) groups is 2. The van der Waals surface area contributed by atoms with Crippen molar-refractivity contribution in [3.8, 4) is 11.5 Å². The minimum atomic E-state index is -0.902. The van der Waals surface area contributed by atoms with E-state index in [4.69, 9.17) is 9.47 Å². The van der Waals surface area contributed by atoms with Crippen LogP contribution in [0.1, 0.15) is 21.8 Å². The number of amides is 1. The third-order valence-corrected chi connectivity index (χ3v) is 4.79. The summed E-state index contributed by atoms with van der Waals surface area (Å²) in [6.07, 6.45) is 0. The first-order valence-corrected chi connectivity index (χ1v) is 8.34. The molecule has 6 nitrogen and oxygen atoms in total. The van der Waals surface area contributed by atoms with Crippen molar-refractivity contribution >= 4 is 11.9 Å². The van der Waals surface area contributed by atoms with Gasteiger partial charge in [-0.3, -0.25) is 9.59 Å². The second-order valence-electron chi connectivity index (χ2n) is 6.21. The van der Waals surface area contributed by atoms with Crippen molar-refractivity contribution in [2.45, 2.75) is 5.92 Å². The Hall–Kier alpha value is -3.02. The lowest BCUT2D eigenvalue weighted by molar-refractivity contribution is -0.141. The van der Waals surface area contributed by atoms with Gasteiger partial charge in [0, 0.05) is 19.0 Å². The van der Waals surface area contributed by atoms with Crippen molar-refractivity contribution in [3.63, 3.8) is 0 Å². The summed E-state index contributed by atoms with van der Waals surface area (Å²) in [5, 5.41) is 9.63. The molecule has 2 aromatic rings. The zero-order valence-corrected chi connectivity index (χ0v) is 14.7. The van der Waals surface area contributed by atoms with Crippen molar-refractivity contribution in [1.82, 2.24) is 4.90 Å². The predicted octanol–water partition coefficient (Wildman–Crippen LogP) is 2.64. The maximum Gasteiger partial charge on any atom is 0.308 e. The topological polar surface area (TPSA) is 76.1 Å². The monoisotopic (exact) mass is 355 g/mol. The summed E-state index contributed by atoms with van der Waals surface area (Å²) in [7, 11) is 2.98. The number of benzene rings is 2. The van der Waals surface area contributed by atoms with E-state index in [0.717, 1.165) is 5.56 Å². The first-order valence-electron chi connectivity index (χ1n) is 8.34. The number of ether oxygens (including phenoxy) is 2. The molecule has 0 bridgehead atoms. The standard InChI is InChI=1S/C20H21NO5/c1-25-16-9-6-10-17(26-2)18(16)19(22)21-11-14(15(12-21)20(23)24)13-7-4-3-5-8-13/h3-10,14-15H,11-12H2,1-2H3,(H,23,24)/t14-,15-/m0/s1. The molecule has 1 fully saturated rings. The lowest BCUT2D eigenvalue weighted by atomic mass is 9.89. The van der Waals surface area contributed by atoms with Crippen LogP contribution in [0.25, 0.3) is 0 Å². The SMILES string of the molecule is COc1cccc(OC)c1C(=O)N1C[C@H](C(=O)O)[C@H](c2ccccc2)C1. The Morgan fingerprint density at radius 3 is 2.12 bits per heavy atom. The van der Waals surface area contributed by atoms with Gasteiger partial charge in [-0.1, -0.05) is 36.4 Å². The molecule has 1 amide bonds. The Kier molecular flexibility index (Phi) is 5.11. The van der Waals surface area contributed by atoms with E-state index in [-0.39, 0.29) is 18.4 Å². The molecular formula is C20H21NO5. The van der Waals surface area contributed by atoms with Crippen LogP contribution < -0.4 is 9.47 Å². The summed E-state index contributed by atoms with van der Waals surface area (Å²) >= 11 is 0. The van der Waals surface area contributed by atoms with Gasteiger partial charge in [0.2, 0.25) is 0 Å². The van der Waals surface area contributed by atoms with Crippen LogP contribution in [0.5, 0.6) is 11.5 Å².